The van der Waals surface area contributed by atoms with Gasteiger partial charge in [-0.05, 0) is 34.3 Å². The Morgan fingerprint density at radius 1 is 0.918 bits per heavy atom. The number of nitrogens with two attached hydrogens (primary N) is 1. The van der Waals surface area contributed by atoms with Gasteiger partial charge in [0.05, 0.1) is 29.8 Å². The van der Waals surface area contributed by atoms with Crippen molar-refractivity contribution in [1.29, 1.82) is 0 Å². The van der Waals surface area contributed by atoms with E-state index >= 15 is 0 Å². The molecule has 2 heterocycles. The number of aryl methyl sites for hydroxylation is 1. The lowest BCUT2D eigenvalue weighted by Crippen LogP contribution is -2.67. The molecule has 0 spiro atoms. The Kier molecular flexibility index (Phi) is 9.81. The zero-order chi connectivity index (χ0) is 35.1. The number of anilines is 1. The second-order valence-electron chi connectivity index (χ2n) is 13.5. The molecule has 1 aliphatic carbocycles. The maximum absolute atomic E-state index is 13.7. The fourth-order valence-electron chi connectivity index (χ4n) is 7.01. The second kappa shape index (κ2) is 13.8. The van der Waals surface area contributed by atoms with Crippen molar-refractivity contribution in [2.45, 2.75) is 56.8 Å². The highest BCUT2D eigenvalue weighted by Gasteiger charge is 2.52. The Labute approximate surface area is 297 Å². The standard InChI is InChI=1S/C37H41Cl2N5O4Si/c1-37(2,3)49(24-13-9-7-10-14-24,25-15-11-8-12-16-25)48-23-18-27(40)28(19-23)42-36-41-21-22-17-26(35(45)44(4)34(22)43-36)31-32(38)29(46-5)20-30(47-6)33(31)39/h7-17,20-21,23,27-28H,18-19,40H2,1-6H3,(H,41,42,43). The first-order valence-corrected chi connectivity index (χ1v) is 18.8. The summed E-state index contributed by atoms with van der Waals surface area (Å²) in [5, 5.41) is 6.79. The summed E-state index contributed by atoms with van der Waals surface area (Å²) in [6.07, 6.45) is 2.95. The van der Waals surface area contributed by atoms with Crippen LogP contribution in [0, 0.1) is 0 Å². The average molecular weight is 719 g/mol. The number of nitrogens with one attached hydrogen (secondary N) is 1. The van der Waals surface area contributed by atoms with Gasteiger partial charge in [0.2, 0.25) is 5.95 Å². The van der Waals surface area contributed by atoms with E-state index in [4.69, 9.17) is 47.8 Å². The molecule has 0 bridgehead atoms. The normalized spacial score (nSPS) is 18.1. The summed E-state index contributed by atoms with van der Waals surface area (Å²) in [5.74, 6) is 1.04. The van der Waals surface area contributed by atoms with Crippen LogP contribution in [-0.4, -0.2) is 55.3 Å². The molecule has 0 saturated heterocycles. The number of ether oxygens (including phenoxy) is 2. The van der Waals surface area contributed by atoms with Gasteiger partial charge in [-0.1, -0.05) is 105 Å². The largest absolute Gasteiger partial charge is 0.495 e. The topological polar surface area (TPSA) is 114 Å². The van der Waals surface area contributed by atoms with Gasteiger partial charge in [0, 0.05) is 48.4 Å². The van der Waals surface area contributed by atoms with Crippen molar-refractivity contribution in [3.8, 4) is 22.6 Å². The molecule has 256 valence electrons. The molecule has 3 N–H and O–H groups in total. The quantitative estimate of drug-likeness (QED) is 0.174. The maximum atomic E-state index is 13.7. The first kappa shape index (κ1) is 34.9. The smallest absolute Gasteiger partial charge is 0.261 e. The van der Waals surface area contributed by atoms with E-state index in [2.05, 4.69) is 79.6 Å². The number of aromatic nitrogens is 3. The van der Waals surface area contributed by atoms with Gasteiger partial charge in [-0.25, -0.2) is 4.98 Å². The molecule has 1 fully saturated rings. The Balaban J connectivity index is 1.30. The maximum Gasteiger partial charge on any atom is 0.261 e. The van der Waals surface area contributed by atoms with Gasteiger partial charge in [-0.15, -0.1) is 0 Å². The molecule has 0 amide bonds. The minimum atomic E-state index is -2.76. The van der Waals surface area contributed by atoms with Crippen molar-refractivity contribution >= 4 is 58.9 Å². The Morgan fingerprint density at radius 3 is 2.02 bits per heavy atom. The molecule has 6 rings (SSSR count). The minimum Gasteiger partial charge on any atom is -0.495 e. The molecule has 9 nitrogen and oxygen atoms in total. The molecule has 0 aliphatic heterocycles. The van der Waals surface area contributed by atoms with Crippen molar-refractivity contribution < 1.29 is 13.9 Å². The number of nitrogens with zero attached hydrogens (tertiary/aromatic N) is 3. The van der Waals surface area contributed by atoms with Gasteiger partial charge in [0.15, 0.2) is 0 Å². The molecule has 0 radical (unpaired) electrons. The van der Waals surface area contributed by atoms with Crippen molar-refractivity contribution in [3.63, 3.8) is 0 Å². The van der Waals surface area contributed by atoms with Gasteiger partial charge in [0.25, 0.3) is 13.9 Å². The van der Waals surface area contributed by atoms with Gasteiger partial charge in [-0.2, -0.15) is 4.98 Å². The van der Waals surface area contributed by atoms with Crippen LogP contribution in [0.2, 0.25) is 15.1 Å². The summed E-state index contributed by atoms with van der Waals surface area (Å²) in [4.78, 5) is 23.1. The van der Waals surface area contributed by atoms with Gasteiger partial charge in [-0.3, -0.25) is 9.36 Å². The third-order valence-electron chi connectivity index (χ3n) is 9.43. The zero-order valence-corrected chi connectivity index (χ0v) is 31.0. The lowest BCUT2D eigenvalue weighted by Gasteiger charge is -2.44. The molecule has 3 unspecified atom stereocenters. The van der Waals surface area contributed by atoms with Crippen LogP contribution in [0.5, 0.6) is 11.5 Å². The first-order valence-electron chi connectivity index (χ1n) is 16.2. The van der Waals surface area contributed by atoms with Crippen LogP contribution in [0.15, 0.2) is 83.8 Å². The predicted octanol–water partition coefficient (Wildman–Crippen LogP) is 6.17. The van der Waals surface area contributed by atoms with E-state index in [9.17, 15) is 4.79 Å². The molecule has 2 aromatic heterocycles. The summed E-state index contributed by atoms with van der Waals surface area (Å²) < 4.78 is 19.7. The number of benzene rings is 3. The lowest BCUT2D eigenvalue weighted by atomic mass is 10.0. The highest BCUT2D eigenvalue weighted by molar-refractivity contribution is 6.99. The van der Waals surface area contributed by atoms with E-state index in [1.54, 1.807) is 25.4 Å². The summed E-state index contributed by atoms with van der Waals surface area (Å²) in [5.41, 5.74) is 7.45. The highest BCUT2D eigenvalue weighted by Crippen LogP contribution is 2.45. The van der Waals surface area contributed by atoms with Crippen LogP contribution >= 0.6 is 23.2 Å². The third kappa shape index (κ3) is 6.32. The van der Waals surface area contributed by atoms with Crippen molar-refractivity contribution in [1.82, 2.24) is 14.5 Å². The van der Waals surface area contributed by atoms with Crippen molar-refractivity contribution in [3.05, 3.63) is 99.4 Å². The number of hydrogen-bond donors (Lipinski definition) is 2. The molecule has 1 saturated carbocycles. The number of rotatable bonds is 9. The summed E-state index contributed by atoms with van der Waals surface area (Å²) >= 11 is 13.3. The van der Waals surface area contributed by atoms with E-state index in [0.717, 1.165) is 0 Å². The molecule has 3 aromatic carbocycles. The summed E-state index contributed by atoms with van der Waals surface area (Å²) in [6, 6.07) is 24.1. The number of fused-ring (bicyclic) bond motifs is 1. The SMILES string of the molecule is COc1cc(OC)c(Cl)c(-c2cc3cnc(NC4CC(O[Si](c5ccccc5)(c5ccccc5)C(C)(C)C)CC4N)nc3n(C)c2=O)c1Cl. The fraction of sp³-hybridized carbons (Fsp3) is 0.324. The molecule has 3 atom stereocenters. The Hall–Kier alpha value is -3.93. The number of hydrogen-bond acceptors (Lipinski definition) is 8. The minimum absolute atomic E-state index is 0.0828. The van der Waals surface area contributed by atoms with Crippen molar-refractivity contribution in [2.75, 3.05) is 19.5 Å². The van der Waals surface area contributed by atoms with Gasteiger partial charge >= 0.3 is 0 Å². The molecule has 1 aliphatic rings. The van der Waals surface area contributed by atoms with Crippen molar-refractivity contribution in [2.24, 2.45) is 12.8 Å². The van der Waals surface area contributed by atoms with Crippen LogP contribution < -0.4 is 36.5 Å². The Bertz CT molecular complexity index is 1970. The molecular weight excluding hydrogens is 677 g/mol. The fourth-order valence-corrected chi connectivity index (χ4v) is 12.4. The van der Waals surface area contributed by atoms with Gasteiger partial charge < -0.3 is 25.0 Å². The second-order valence-corrected chi connectivity index (χ2v) is 18.5. The summed E-state index contributed by atoms with van der Waals surface area (Å²) in [6.45, 7) is 6.82. The number of pyridine rings is 1. The molecule has 49 heavy (non-hydrogen) atoms. The number of halogens is 2. The first-order chi connectivity index (χ1) is 23.4. The lowest BCUT2D eigenvalue weighted by molar-refractivity contribution is 0.192. The third-order valence-corrected chi connectivity index (χ3v) is 15.3. The molecular formula is C37H41Cl2N5O4Si. The Morgan fingerprint density at radius 2 is 1.49 bits per heavy atom. The van der Waals surface area contributed by atoms with Crippen LogP contribution in [0.3, 0.4) is 0 Å². The monoisotopic (exact) mass is 717 g/mol. The number of methoxy groups -OCH3 is 2. The van der Waals surface area contributed by atoms with Crippen LogP contribution in [0.4, 0.5) is 5.95 Å². The van der Waals surface area contributed by atoms with E-state index < -0.39 is 8.32 Å². The molecule has 5 aromatic rings. The van der Waals surface area contributed by atoms with E-state index in [0.29, 0.717) is 46.9 Å². The van der Waals surface area contributed by atoms with Crippen LogP contribution in [0.25, 0.3) is 22.2 Å². The summed E-state index contributed by atoms with van der Waals surface area (Å²) in [7, 11) is 1.87. The van der Waals surface area contributed by atoms with E-state index in [1.807, 2.05) is 12.1 Å². The van der Waals surface area contributed by atoms with Crippen LogP contribution in [0.1, 0.15) is 33.6 Å². The predicted molar refractivity (Wildman–Crippen MR) is 200 cm³/mol. The van der Waals surface area contributed by atoms with Crippen LogP contribution in [-0.2, 0) is 11.5 Å². The van der Waals surface area contributed by atoms with Gasteiger partial charge in [0.1, 0.15) is 17.1 Å². The average Bonchev–Trinajstić information content (AvgIpc) is 3.44. The van der Waals surface area contributed by atoms with E-state index in [-0.39, 0.29) is 44.4 Å². The van der Waals surface area contributed by atoms with E-state index in [1.165, 1.54) is 29.2 Å². The zero-order valence-electron chi connectivity index (χ0n) is 28.5. The highest BCUT2D eigenvalue weighted by atomic mass is 35.5. The molecule has 12 heteroatoms.